The second-order valence-corrected chi connectivity index (χ2v) is 3.95. The molecule has 0 amide bonds. The summed E-state index contributed by atoms with van der Waals surface area (Å²) in [5.41, 5.74) is 0.835. The first-order valence-electron chi connectivity index (χ1n) is 5.14. The maximum Gasteiger partial charge on any atom is 0.126 e. The van der Waals surface area contributed by atoms with Gasteiger partial charge in [-0.3, -0.25) is 0 Å². The highest BCUT2D eigenvalue weighted by Gasteiger charge is 2.21. The van der Waals surface area contributed by atoms with Crippen LogP contribution in [0.4, 0.5) is 10.2 Å². The zero-order chi connectivity index (χ0) is 10.3. The van der Waals surface area contributed by atoms with Gasteiger partial charge >= 0.3 is 0 Å². The summed E-state index contributed by atoms with van der Waals surface area (Å²) in [4.78, 5) is 4.42. The Morgan fingerprint density at radius 1 is 1.20 bits per heavy atom. The maximum absolute atomic E-state index is 12.9. The Bertz CT molecular complexity index is 506. The standard InChI is InChI=1S/C12H11FN2/c13-9-2-5-11-8(7-9)1-6-12(15-11)14-10-3-4-10/h1-2,5-7,10H,3-4H2,(H,14,15). The lowest BCUT2D eigenvalue weighted by Crippen LogP contribution is -2.02. The van der Waals surface area contributed by atoms with Gasteiger partial charge in [-0.1, -0.05) is 0 Å². The highest BCUT2D eigenvalue weighted by molar-refractivity contribution is 5.80. The Hall–Kier alpha value is -1.64. The smallest absolute Gasteiger partial charge is 0.126 e. The molecule has 1 aromatic heterocycles. The minimum absolute atomic E-state index is 0.216. The number of hydrogen-bond acceptors (Lipinski definition) is 2. The number of rotatable bonds is 2. The number of anilines is 1. The van der Waals surface area contributed by atoms with Gasteiger partial charge in [-0.25, -0.2) is 9.37 Å². The van der Waals surface area contributed by atoms with E-state index >= 15 is 0 Å². The quantitative estimate of drug-likeness (QED) is 0.809. The first-order valence-corrected chi connectivity index (χ1v) is 5.14. The number of aromatic nitrogens is 1. The Labute approximate surface area is 87.1 Å². The molecule has 3 rings (SSSR count). The molecular weight excluding hydrogens is 191 g/mol. The largest absolute Gasteiger partial charge is 0.367 e. The molecule has 1 saturated carbocycles. The molecule has 0 unspecified atom stereocenters. The maximum atomic E-state index is 12.9. The topological polar surface area (TPSA) is 24.9 Å². The van der Waals surface area contributed by atoms with Gasteiger partial charge in [0.25, 0.3) is 0 Å². The second kappa shape index (κ2) is 3.19. The predicted molar refractivity (Wildman–Crippen MR) is 58.3 cm³/mol. The third-order valence-corrected chi connectivity index (χ3v) is 2.58. The van der Waals surface area contributed by atoms with Crippen LogP contribution in [-0.2, 0) is 0 Å². The van der Waals surface area contributed by atoms with Crippen LogP contribution in [0.5, 0.6) is 0 Å². The van der Waals surface area contributed by atoms with Crippen LogP contribution < -0.4 is 5.32 Å². The van der Waals surface area contributed by atoms with Gasteiger partial charge in [-0.05, 0) is 43.2 Å². The Morgan fingerprint density at radius 2 is 2.07 bits per heavy atom. The third kappa shape index (κ3) is 1.77. The van der Waals surface area contributed by atoms with Crippen molar-refractivity contribution in [2.75, 3.05) is 5.32 Å². The van der Waals surface area contributed by atoms with E-state index in [1.54, 1.807) is 6.07 Å². The van der Waals surface area contributed by atoms with Crippen molar-refractivity contribution in [3.8, 4) is 0 Å². The SMILES string of the molecule is Fc1ccc2nc(NC3CC3)ccc2c1. The minimum Gasteiger partial charge on any atom is -0.367 e. The van der Waals surface area contributed by atoms with Crippen molar-refractivity contribution < 1.29 is 4.39 Å². The van der Waals surface area contributed by atoms with Crippen molar-refractivity contribution in [3.05, 3.63) is 36.1 Å². The number of nitrogens with one attached hydrogen (secondary N) is 1. The van der Waals surface area contributed by atoms with E-state index in [1.165, 1.54) is 25.0 Å². The molecule has 0 radical (unpaired) electrons. The van der Waals surface area contributed by atoms with Crippen LogP contribution in [0, 0.1) is 5.82 Å². The lowest BCUT2D eigenvalue weighted by atomic mass is 10.2. The normalized spacial score (nSPS) is 15.5. The van der Waals surface area contributed by atoms with Gasteiger partial charge in [-0.2, -0.15) is 0 Å². The number of halogens is 1. The van der Waals surface area contributed by atoms with Crippen molar-refractivity contribution in [2.45, 2.75) is 18.9 Å². The van der Waals surface area contributed by atoms with Crippen LogP contribution in [-0.4, -0.2) is 11.0 Å². The third-order valence-electron chi connectivity index (χ3n) is 2.58. The molecule has 1 aromatic carbocycles. The molecule has 0 saturated heterocycles. The summed E-state index contributed by atoms with van der Waals surface area (Å²) in [6, 6.07) is 9.05. The molecule has 3 heteroatoms. The Balaban J connectivity index is 2.01. The lowest BCUT2D eigenvalue weighted by Gasteiger charge is -2.04. The first-order chi connectivity index (χ1) is 7.31. The van der Waals surface area contributed by atoms with Crippen LogP contribution in [0.25, 0.3) is 10.9 Å². The fourth-order valence-corrected chi connectivity index (χ4v) is 1.61. The molecule has 0 spiro atoms. The molecule has 2 nitrogen and oxygen atoms in total. The van der Waals surface area contributed by atoms with E-state index in [-0.39, 0.29) is 5.82 Å². The van der Waals surface area contributed by atoms with Crippen molar-refractivity contribution in [3.63, 3.8) is 0 Å². The lowest BCUT2D eigenvalue weighted by molar-refractivity contribution is 0.629. The van der Waals surface area contributed by atoms with Crippen molar-refractivity contribution in [1.29, 1.82) is 0 Å². The highest BCUT2D eigenvalue weighted by Crippen LogP contribution is 2.24. The van der Waals surface area contributed by atoms with Gasteiger partial charge in [0, 0.05) is 11.4 Å². The Morgan fingerprint density at radius 3 is 2.87 bits per heavy atom. The summed E-state index contributed by atoms with van der Waals surface area (Å²) in [6.45, 7) is 0. The molecule has 1 aliphatic rings. The van der Waals surface area contributed by atoms with Gasteiger partial charge in [-0.15, -0.1) is 0 Å². The monoisotopic (exact) mass is 202 g/mol. The van der Waals surface area contributed by atoms with Crippen LogP contribution in [0.15, 0.2) is 30.3 Å². The van der Waals surface area contributed by atoms with Crippen molar-refractivity contribution in [2.24, 2.45) is 0 Å². The molecule has 1 N–H and O–H groups in total. The molecule has 2 aromatic rings. The number of hydrogen-bond donors (Lipinski definition) is 1. The number of benzene rings is 1. The van der Waals surface area contributed by atoms with Crippen LogP contribution >= 0.6 is 0 Å². The summed E-state index contributed by atoms with van der Waals surface area (Å²) in [5.74, 6) is 0.670. The van der Waals surface area contributed by atoms with E-state index in [0.717, 1.165) is 16.7 Å². The molecule has 1 fully saturated rings. The van der Waals surface area contributed by atoms with Crippen LogP contribution in [0.1, 0.15) is 12.8 Å². The molecule has 0 aliphatic heterocycles. The number of pyridine rings is 1. The molecule has 0 atom stereocenters. The predicted octanol–water partition coefficient (Wildman–Crippen LogP) is 2.95. The molecule has 76 valence electrons. The summed E-state index contributed by atoms with van der Waals surface area (Å²) < 4.78 is 12.9. The van der Waals surface area contributed by atoms with E-state index < -0.39 is 0 Å². The second-order valence-electron chi connectivity index (χ2n) is 3.95. The number of fused-ring (bicyclic) bond motifs is 1. The van der Waals surface area contributed by atoms with Gasteiger partial charge in [0.1, 0.15) is 11.6 Å². The summed E-state index contributed by atoms with van der Waals surface area (Å²) in [6.07, 6.45) is 2.45. The van der Waals surface area contributed by atoms with Gasteiger partial charge in [0.2, 0.25) is 0 Å². The summed E-state index contributed by atoms with van der Waals surface area (Å²) in [5, 5.41) is 4.16. The van der Waals surface area contributed by atoms with E-state index in [4.69, 9.17) is 0 Å². The number of nitrogens with zero attached hydrogens (tertiary/aromatic N) is 1. The van der Waals surface area contributed by atoms with Gasteiger partial charge in [0.05, 0.1) is 5.52 Å². The van der Waals surface area contributed by atoms with Crippen LogP contribution in [0.3, 0.4) is 0 Å². The summed E-state index contributed by atoms with van der Waals surface area (Å²) >= 11 is 0. The summed E-state index contributed by atoms with van der Waals surface area (Å²) in [7, 11) is 0. The van der Waals surface area contributed by atoms with Crippen LogP contribution in [0.2, 0.25) is 0 Å². The van der Waals surface area contributed by atoms with E-state index in [2.05, 4.69) is 10.3 Å². The molecular formula is C12H11FN2. The minimum atomic E-state index is -0.216. The molecule has 1 heterocycles. The van der Waals surface area contributed by atoms with E-state index in [1.807, 2.05) is 12.1 Å². The Kier molecular flexibility index (Phi) is 1.84. The van der Waals surface area contributed by atoms with E-state index in [9.17, 15) is 4.39 Å². The zero-order valence-corrected chi connectivity index (χ0v) is 8.20. The molecule has 1 aliphatic carbocycles. The molecule has 15 heavy (non-hydrogen) atoms. The van der Waals surface area contributed by atoms with Gasteiger partial charge < -0.3 is 5.32 Å². The molecule has 0 bridgehead atoms. The fraction of sp³-hybridized carbons (Fsp3) is 0.250. The average Bonchev–Trinajstić information content (AvgIpc) is 3.02. The average molecular weight is 202 g/mol. The highest BCUT2D eigenvalue weighted by atomic mass is 19.1. The van der Waals surface area contributed by atoms with Gasteiger partial charge in [0.15, 0.2) is 0 Å². The van der Waals surface area contributed by atoms with Crippen molar-refractivity contribution in [1.82, 2.24) is 4.98 Å². The fourth-order valence-electron chi connectivity index (χ4n) is 1.61. The van der Waals surface area contributed by atoms with Crippen molar-refractivity contribution >= 4 is 16.7 Å². The van der Waals surface area contributed by atoms with E-state index in [0.29, 0.717) is 6.04 Å². The first kappa shape index (κ1) is 8.65. The zero-order valence-electron chi connectivity index (χ0n) is 8.20.